The maximum Gasteiger partial charge on any atom is 0.166 e. The van der Waals surface area contributed by atoms with Gasteiger partial charge in [-0.3, -0.25) is 4.68 Å². The van der Waals surface area contributed by atoms with Crippen molar-refractivity contribution in [1.29, 1.82) is 0 Å². The molecule has 0 amide bonds. The molecule has 0 spiro atoms. The van der Waals surface area contributed by atoms with Gasteiger partial charge in [0.1, 0.15) is 0 Å². The average Bonchev–Trinajstić information content (AvgIpc) is 2.86. The van der Waals surface area contributed by atoms with Crippen LogP contribution in [0.25, 0.3) is 0 Å². The highest BCUT2D eigenvalue weighted by atomic mass is 35.5. The first-order valence-electron chi connectivity index (χ1n) is 6.96. The van der Waals surface area contributed by atoms with Crippen molar-refractivity contribution in [2.45, 2.75) is 26.4 Å². The minimum atomic E-state index is 0.573. The molecule has 21 heavy (non-hydrogen) atoms. The number of nitrogens with zero attached hydrogens (tertiary/aromatic N) is 2. The van der Waals surface area contributed by atoms with Gasteiger partial charge in [0.2, 0.25) is 0 Å². The van der Waals surface area contributed by atoms with Crippen LogP contribution < -0.4 is 10.6 Å². The monoisotopic (exact) mass is 322 g/mol. The Morgan fingerprint density at radius 3 is 2.76 bits per heavy atom. The quantitative estimate of drug-likeness (QED) is 0.803. The van der Waals surface area contributed by atoms with Gasteiger partial charge in [0, 0.05) is 13.1 Å². The van der Waals surface area contributed by atoms with E-state index in [1.807, 2.05) is 29.8 Å². The molecule has 1 heterocycles. The second-order valence-electron chi connectivity index (χ2n) is 4.60. The van der Waals surface area contributed by atoms with E-state index in [0.717, 1.165) is 25.2 Å². The lowest BCUT2D eigenvalue weighted by Crippen LogP contribution is -2.36. The summed E-state index contributed by atoms with van der Waals surface area (Å²) in [5.74, 6) is 0. The van der Waals surface area contributed by atoms with E-state index in [2.05, 4.69) is 27.9 Å². The van der Waals surface area contributed by atoms with Crippen LogP contribution in [0.2, 0.25) is 5.02 Å². The number of thiocarbonyl (C=S) groups is 1. The summed E-state index contributed by atoms with van der Waals surface area (Å²) < 4.78 is 1.86. The van der Waals surface area contributed by atoms with Gasteiger partial charge in [-0.15, -0.1) is 0 Å². The molecule has 0 fully saturated rings. The van der Waals surface area contributed by atoms with E-state index in [0.29, 0.717) is 16.7 Å². The summed E-state index contributed by atoms with van der Waals surface area (Å²) in [4.78, 5) is 0. The molecular weight excluding hydrogens is 304 g/mol. The van der Waals surface area contributed by atoms with Crippen LogP contribution >= 0.6 is 23.8 Å². The SMILES string of the molecule is CCn1ncc(Cl)c1CNC(=S)NCCc1ccccc1. The molecule has 4 nitrogen and oxygen atoms in total. The van der Waals surface area contributed by atoms with Gasteiger partial charge in [0.05, 0.1) is 23.5 Å². The smallest absolute Gasteiger partial charge is 0.166 e. The summed E-state index contributed by atoms with van der Waals surface area (Å²) >= 11 is 11.4. The lowest BCUT2D eigenvalue weighted by atomic mass is 10.1. The van der Waals surface area contributed by atoms with Crippen LogP contribution in [-0.4, -0.2) is 21.4 Å². The zero-order valence-corrected chi connectivity index (χ0v) is 13.5. The molecule has 0 saturated heterocycles. The first-order chi connectivity index (χ1) is 10.2. The Bertz CT molecular complexity index is 583. The van der Waals surface area contributed by atoms with Gasteiger partial charge in [0.25, 0.3) is 0 Å². The molecule has 112 valence electrons. The van der Waals surface area contributed by atoms with Crippen molar-refractivity contribution >= 4 is 28.9 Å². The molecule has 2 rings (SSSR count). The molecule has 1 aromatic heterocycles. The molecule has 2 aromatic rings. The van der Waals surface area contributed by atoms with Crippen molar-refractivity contribution in [2.24, 2.45) is 0 Å². The molecule has 6 heteroatoms. The molecule has 0 aliphatic rings. The van der Waals surface area contributed by atoms with Gasteiger partial charge in [-0.1, -0.05) is 41.9 Å². The van der Waals surface area contributed by atoms with Gasteiger partial charge < -0.3 is 10.6 Å². The number of nitrogens with one attached hydrogen (secondary N) is 2. The fourth-order valence-corrected chi connectivity index (χ4v) is 2.41. The fraction of sp³-hybridized carbons (Fsp3) is 0.333. The largest absolute Gasteiger partial charge is 0.362 e. The first-order valence-corrected chi connectivity index (χ1v) is 7.75. The lowest BCUT2D eigenvalue weighted by molar-refractivity contribution is 0.612. The number of rotatable bonds is 6. The minimum absolute atomic E-state index is 0.573. The average molecular weight is 323 g/mol. The minimum Gasteiger partial charge on any atom is -0.362 e. The number of hydrogen-bond acceptors (Lipinski definition) is 2. The van der Waals surface area contributed by atoms with Gasteiger partial charge in [0.15, 0.2) is 5.11 Å². The molecule has 0 atom stereocenters. The topological polar surface area (TPSA) is 41.9 Å². The van der Waals surface area contributed by atoms with E-state index in [4.69, 9.17) is 23.8 Å². The number of benzene rings is 1. The zero-order valence-electron chi connectivity index (χ0n) is 12.0. The van der Waals surface area contributed by atoms with Crippen molar-refractivity contribution < 1.29 is 0 Å². The molecule has 0 unspecified atom stereocenters. The molecule has 0 saturated carbocycles. The normalized spacial score (nSPS) is 10.4. The van der Waals surface area contributed by atoms with Gasteiger partial charge in [-0.25, -0.2) is 0 Å². The van der Waals surface area contributed by atoms with Crippen molar-refractivity contribution in [3.8, 4) is 0 Å². The molecule has 0 radical (unpaired) electrons. The zero-order chi connectivity index (χ0) is 15.1. The van der Waals surface area contributed by atoms with Gasteiger partial charge in [-0.05, 0) is 31.1 Å². The van der Waals surface area contributed by atoms with Crippen LogP contribution in [0.5, 0.6) is 0 Å². The van der Waals surface area contributed by atoms with E-state index in [-0.39, 0.29) is 0 Å². The fourth-order valence-electron chi connectivity index (χ4n) is 2.03. The van der Waals surface area contributed by atoms with E-state index in [9.17, 15) is 0 Å². The van der Waals surface area contributed by atoms with Crippen LogP contribution in [0.1, 0.15) is 18.2 Å². The second-order valence-corrected chi connectivity index (χ2v) is 5.42. The number of halogens is 1. The predicted molar refractivity (Wildman–Crippen MR) is 90.5 cm³/mol. The Kier molecular flexibility index (Phi) is 6.02. The lowest BCUT2D eigenvalue weighted by Gasteiger charge is -2.11. The molecule has 1 aromatic carbocycles. The summed E-state index contributed by atoms with van der Waals surface area (Å²) in [6, 6.07) is 10.3. The third-order valence-electron chi connectivity index (χ3n) is 3.16. The summed E-state index contributed by atoms with van der Waals surface area (Å²) in [7, 11) is 0. The molecule has 2 N–H and O–H groups in total. The third kappa shape index (κ3) is 4.72. The van der Waals surface area contributed by atoms with Crippen molar-refractivity contribution in [2.75, 3.05) is 6.54 Å². The third-order valence-corrected chi connectivity index (χ3v) is 3.76. The van der Waals surface area contributed by atoms with E-state index >= 15 is 0 Å². The first kappa shape index (κ1) is 15.8. The second kappa shape index (κ2) is 8.00. The van der Waals surface area contributed by atoms with E-state index in [1.54, 1.807) is 6.20 Å². The van der Waals surface area contributed by atoms with Gasteiger partial charge in [-0.2, -0.15) is 5.10 Å². The molecule has 0 bridgehead atoms. The Hall–Kier alpha value is -1.59. The van der Waals surface area contributed by atoms with Crippen molar-refractivity contribution in [3.05, 3.63) is 52.8 Å². The number of aryl methyl sites for hydroxylation is 1. The summed E-state index contributed by atoms with van der Waals surface area (Å²) in [6.45, 7) is 4.20. The molecule has 0 aliphatic carbocycles. The standard InChI is InChI=1S/C15H19ClN4S/c1-2-20-14(13(16)10-19-20)11-18-15(21)17-9-8-12-6-4-3-5-7-12/h3-7,10H,2,8-9,11H2,1H3,(H2,17,18,21). The van der Waals surface area contributed by atoms with E-state index < -0.39 is 0 Å². The highest BCUT2D eigenvalue weighted by molar-refractivity contribution is 7.80. The van der Waals surface area contributed by atoms with Crippen molar-refractivity contribution in [1.82, 2.24) is 20.4 Å². The summed E-state index contributed by atoms with van der Waals surface area (Å²) in [5.41, 5.74) is 2.24. The summed E-state index contributed by atoms with van der Waals surface area (Å²) in [5, 5.41) is 11.8. The predicted octanol–water partition coefficient (Wildman–Crippen LogP) is 2.76. The molecule has 0 aliphatic heterocycles. The van der Waals surface area contributed by atoms with Crippen LogP contribution in [0, 0.1) is 0 Å². The van der Waals surface area contributed by atoms with Crippen LogP contribution in [0.4, 0.5) is 0 Å². The number of hydrogen-bond donors (Lipinski definition) is 2. The number of aromatic nitrogens is 2. The maximum absolute atomic E-state index is 6.10. The summed E-state index contributed by atoms with van der Waals surface area (Å²) in [6.07, 6.45) is 2.60. The van der Waals surface area contributed by atoms with Crippen molar-refractivity contribution in [3.63, 3.8) is 0 Å². The Morgan fingerprint density at radius 2 is 2.05 bits per heavy atom. The molecular formula is C15H19ClN4S. The Morgan fingerprint density at radius 1 is 1.29 bits per heavy atom. The van der Waals surface area contributed by atoms with Gasteiger partial charge >= 0.3 is 0 Å². The highest BCUT2D eigenvalue weighted by Gasteiger charge is 2.08. The van der Waals surface area contributed by atoms with Crippen LogP contribution in [-0.2, 0) is 19.5 Å². The van der Waals surface area contributed by atoms with Crippen LogP contribution in [0.3, 0.4) is 0 Å². The van der Waals surface area contributed by atoms with Crippen LogP contribution in [0.15, 0.2) is 36.5 Å². The Labute approximate surface area is 135 Å². The Balaban J connectivity index is 1.74. The maximum atomic E-state index is 6.10. The highest BCUT2D eigenvalue weighted by Crippen LogP contribution is 2.14. The van der Waals surface area contributed by atoms with E-state index in [1.165, 1.54) is 5.56 Å².